The number of piperidine rings is 1. The molecule has 4 heteroatoms. The second kappa shape index (κ2) is 7.65. The van der Waals surface area contributed by atoms with Crippen molar-refractivity contribution in [3.8, 4) is 0 Å². The zero-order valence-electron chi connectivity index (χ0n) is 12.3. The number of hydrogen-bond acceptors (Lipinski definition) is 2. The third kappa shape index (κ3) is 3.67. The van der Waals surface area contributed by atoms with Gasteiger partial charge in [0.15, 0.2) is 0 Å². The summed E-state index contributed by atoms with van der Waals surface area (Å²) in [6.45, 7) is 5.41. The Kier molecular flexibility index (Phi) is 6.16. The van der Waals surface area contributed by atoms with Crippen LogP contribution in [0.4, 0.5) is 0 Å². The number of halogens is 2. The van der Waals surface area contributed by atoms with E-state index in [4.69, 9.17) is 23.2 Å². The van der Waals surface area contributed by atoms with Crippen LogP contribution in [0.3, 0.4) is 0 Å². The van der Waals surface area contributed by atoms with Crippen LogP contribution in [0.15, 0.2) is 18.2 Å². The number of benzene rings is 1. The Hall–Kier alpha value is -0.280. The second-order valence-electron chi connectivity index (χ2n) is 5.67. The van der Waals surface area contributed by atoms with Crippen molar-refractivity contribution in [2.75, 3.05) is 26.7 Å². The van der Waals surface area contributed by atoms with Crippen LogP contribution in [0.5, 0.6) is 0 Å². The minimum atomic E-state index is 0.314. The molecule has 20 heavy (non-hydrogen) atoms. The number of nitrogens with zero attached hydrogens (tertiary/aromatic N) is 1. The van der Waals surface area contributed by atoms with E-state index in [0.29, 0.717) is 12.0 Å². The van der Waals surface area contributed by atoms with E-state index in [1.165, 1.54) is 19.3 Å². The fourth-order valence-corrected chi connectivity index (χ4v) is 3.81. The summed E-state index contributed by atoms with van der Waals surface area (Å²) in [5.41, 5.74) is 1.10. The molecule has 1 fully saturated rings. The highest BCUT2D eigenvalue weighted by atomic mass is 35.5. The fraction of sp³-hybridized carbons (Fsp3) is 0.625. The van der Waals surface area contributed by atoms with Crippen LogP contribution in [0.25, 0.3) is 0 Å². The molecule has 0 aromatic heterocycles. The highest BCUT2D eigenvalue weighted by Gasteiger charge is 2.32. The van der Waals surface area contributed by atoms with Crippen molar-refractivity contribution in [3.05, 3.63) is 33.8 Å². The van der Waals surface area contributed by atoms with Crippen LogP contribution in [0.1, 0.15) is 37.8 Å². The summed E-state index contributed by atoms with van der Waals surface area (Å²) in [6.07, 6.45) is 3.64. The van der Waals surface area contributed by atoms with Crippen molar-refractivity contribution in [1.29, 1.82) is 0 Å². The van der Waals surface area contributed by atoms with E-state index < -0.39 is 0 Å². The van der Waals surface area contributed by atoms with Crippen molar-refractivity contribution in [1.82, 2.24) is 10.2 Å². The first kappa shape index (κ1) is 16.1. The van der Waals surface area contributed by atoms with Gasteiger partial charge in [-0.15, -0.1) is 0 Å². The quantitative estimate of drug-likeness (QED) is 0.811. The molecule has 1 aliphatic heterocycles. The van der Waals surface area contributed by atoms with Crippen LogP contribution < -0.4 is 5.32 Å². The van der Waals surface area contributed by atoms with E-state index in [1.54, 1.807) is 0 Å². The molecule has 0 bridgehead atoms. The Morgan fingerprint density at radius 1 is 1.30 bits per heavy atom. The molecule has 0 amide bonds. The minimum Gasteiger partial charge on any atom is -0.316 e. The summed E-state index contributed by atoms with van der Waals surface area (Å²) in [5.74, 6) is 0.567. The van der Waals surface area contributed by atoms with Gasteiger partial charge in [-0.25, -0.2) is 0 Å². The van der Waals surface area contributed by atoms with E-state index in [0.717, 1.165) is 35.2 Å². The molecular formula is C16H24Cl2N2. The maximum atomic E-state index is 6.42. The summed E-state index contributed by atoms with van der Waals surface area (Å²) in [7, 11) is 2.18. The van der Waals surface area contributed by atoms with Gasteiger partial charge in [0.2, 0.25) is 0 Å². The summed E-state index contributed by atoms with van der Waals surface area (Å²) in [6, 6.07) is 6.12. The Bertz CT molecular complexity index is 416. The first-order valence-corrected chi connectivity index (χ1v) is 8.25. The van der Waals surface area contributed by atoms with Crippen LogP contribution in [-0.4, -0.2) is 31.6 Å². The molecule has 1 heterocycles. The number of hydrogen-bond donors (Lipinski definition) is 1. The fourth-order valence-electron chi connectivity index (χ4n) is 3.19. The van der Waals surface area contributed by atoms with Crippen LogP contribution in [-0.2, 0) is 0 Å². The van der Waals surface area contributed by atoms with E-state index in [1.807, 2.05) is 18.2 Å². The smallest absolute Gasteiger partial charge is 0.0468 e. The Balaban J connectivity index is 2.23. The molecule has 1 aliphatic rings. The van der Waals surface area contributed by atoms with Gasteiger partial charge >= 0.3 is 0 Å². The van der Waals surface area contributed by atoms with E-state index in [2.05, 4.69) is 24.2 Å². The maximum absolute atomic E-state index is 6.42. The molecule has 0 aliphatic carbocycles. The van der Waals surface area contributed by atoms with Crippen molar-refractivity contribution in [2.45, 2.75) is 32.2 Å². The molecule has 0 spiro atoms. The predicted molar refractivity (Wildman–Crippen MR) is 87.7 cm³/mol. The van der Waals surface area contributed by atoms with Crippen molar-refractivity contribution in [2.24, 2.45) is 5.92 Å². The number of nitrogens with one attached hydrogen (secondary N) is 1. The summed E-state index contributed by atoms with van der Waals surface area (Å²) in [5, 5.41) is 5.13. The maximum Gasteiger partial charge on any atom is 0.0468 e. The average Bonchev–Trinajstić information content (AvgIpc) is 2.41. The van der Waals surface area contributed by atoms with Crippen LogP contribution in [0.2, 0.25) is 10.0 Å². The van der Waals surface area contributed by atoms with Gasteiger partial charge in [-0.05, 0) is 64.0 Å². The summed E-state index contributed by atoms with van der Waals surface area (Å²) >= 11 is 12.8. The first-order chi connectivity index (χ1) is 9.65. The van der Waals surface area contributed by atoms with Crippen molar-refractivity contribution < 1.29 is 0 Å². The summed E-state index contributed by atoms with van der Waals surface area (Å²) < 4.78 is 0. The second-order valence-corrected chi connectivity index (χ2v) is 6.48. The average molecular weight is 315 g/mol. The molecule has 2 atom stereocenters. The third-order valence-electron chi connectivity index (χ3n) is 4.14. The zero-order chi connectivity index (χ0) is 14.5. The lowest BCUT2D eigenvalue weighted by molar-refractivity contribution is 0.120. The molecule has 1 N–H and O–H groups in total. The molecule has 1 aromatic rings. The lowest BCUT2D eigenvalue weighted by Gasteiger charge is -2.40. The Labute approximate surface area is 132 Å². The lowest BCUT2D eigenvalue weighted by Crippen LogP contribution is -2.41. The minimum absolute atomic E-state index is 0.314. The Morgan fingerprint density at radius 3 is 2.65 bits per heavy atom. The van der Waals surface area contributed by atoms with Gasteiger partial charge in [-0.1, -0.05) is 36.2 Å². The SMILES string of the molecule is CCCNCC1CCCN(C)C1c1c(Cl)cccc1Cl. The third-order valence-corrected chi connectivity index (χ3v) is 4.80. The normalized spacial score (nSPS) is 24.0. The van der Waals surface area contributed by atoms with E-state index in [-0.39, 0.29) is 0 Å². The number of rotatable bonds is 5. The largest absolute Gasteiger partial charge is 0.316 e. The topological polar surface area (TPSA) is 15.3 Å². The molecule has 2 nitrogen and oxygen atoms in total. The molecule has 2 rings (SSSR count). The molecule has 1 aromatic carbocycles. The molecular weight excluding hydrogens is 291 g/mol. The highest BCUT2D eigenvalue weighted by Crippen LogP contribution is 2.41. The van der Waals surface area contributed by atoms with Crippen LogP contribution in [0, 0.1) is 5.92 Å². The van der Waals surface area contributed by atoms with Gasteiger partial charge in [0.05, 0.1) is 0 Å². The van der Waals surface area contributed by atoms with Gasteiger partial charge < -0.3 is 5.32 Å². The lowest BCUT2D eigenvalue weighted by atomic mass is 9.84. The number of likely N-dealkylation sites (tertiary alicyclic amines) is 1. The molecule has 0 radical (unpaired) electrons. The van der Waals surface area contributed by atoms with Gasteiger partial charge in [0.1, 0.15) is 0 Å². The van der Waals surface area contributed by atoms with E-state index in [9.17, 15) is 0 Å². The van der Waals surface area contributed by atoms with Crippen molar-refractivity contribution in [3.63, 3.8) is 0 Å². The predicted octanol–water partition coefficient (Wildman–Crippen LogP) is 4.38. The Morgan fingerprint density at radius 2 is 2.00 bits per heavy atom. The van der Waals surface area contributed by atoms with Crippen LogP contribution >= 0.6 is 23.2 Å². The van der Waals surface area contributed by atoms with E-state index >= 15 is 0 Å². The van der Waals surface area contributed by atoms with Gasteiger partial charge in [0.25, 0.3) is 0 Å². The summed E-state index contributed by atoms with van der Waals surface area (Å²) in [4.78, 5) is 2.40. The van der Waals surface area contributed by atoms with Gasteiger partial charge in [-0.3, -0.25) is 4.90 Å². The molecule has 112 valence electrons. The standard InChI is InChI=1S/C16H24Cl2N2/c1-3-9-19-11-12-6-5-10-20(2)16(12)15-13(17)7-4-8-14(15)18/h4,7-8,12,16,19H,3,5-6,9-11H2,1-2H3. The molecule has 1 saturated heterocycles. The first-order valence-electron chi connectivity index (χ1n) is 7.50. The highest BCUT2D eigenvalue weighted by molar-refractivity contribution is 6.36. The monoisotopic (exact) mass is 314 g/mol. The molecule has 0 saturated carbocycles. The zero-order valence-corrected chi connectivity index (χ0v) is 13.8. The van der Waals surface area contributed by atoms with Gasteiger partial charge in [0, 0.05) is 21.7 Å². The van der Waals surface area contributed by atoms with Crippen molar-refractivity contribution >= 4 is 23.2 Å². The molecule has 2 unspecified atom stereocenters. The van der Waals surface area contributed by atoms with Gasteiger partial charge in [-0.2, -0.15) is 0 Å².